The molecule has 9 nitrogen and oxygen atoms in total. The predicted octanol–water partition coefficient (Wildman–Crippen LogP) is 1.98. The molecule has 9 heteroatoms. The van der Waals surface area contributed by atoms with E-state index >= 15 is 0 Å². The van der Waals surface area contributed by atoms with Crippen LogP contribution in [-0.2, 0) is 23.9 Å². The Balaban J connectivity index is 3.25. The van der Waals surface area contributed by atoms with Gasteiger partial charge in [-0.25, -0.2) is 0 Å². The highest BCUT2D eigenvalue weighted by molar-refractivity contribution is 5.77. The zero-order chi connectivity index (χ0) is 23.0. The Bertz CT molecular complexity index is 463. The molecule has 0 rings (SSSR count). The summed E-state index contributed by atoms with van der Waals surface area (Å²) in [5, 5.41) is 14.2. The summed E-state index contributed by atoms with van der Waals surface area (Å²) >= 11 is 0. The van der Waals surface area contributed by atoms with Crippen molar-refractivity contribution < 1.29 is 29.0 Å². The summed E-state index contributed by atoms with van der Waals surface area (Å²) in [4.78, 5) is 33.5. The number of ether oxygens (including phenoxy) is 2. The number of hydrogen-bond acceptors (Lipinski definition) is 6. The third-order valence-corrected chi connectivity index (χ3v) is 4.67. The average molecular weight is 446 g/mol. The van der Waals surface area contributed by atoms with E-state index in [2.05, 4.69) is 10.6 Å². The van der Waals surface area contributed by atoms with Crippen LogP contribution >= 0.6 is 0 Å². The van der Waals surface area contributed by atoms with Crippen LogP contribution in [0.3, 0.4) is 0 Å². The standard InChI is InChI=1S/C22H43N3O6/c23-13-9-8-11-20(26)25-15-16-30-17-18-31-19-21(27)24-14-10-6-4-2-1-3-5-7-12-22(28)29/h1-19,23H2,(H,24,27)(H,25,26)(H,28,29). The van der Waals surface area contributed by atoms with Gasteiger partial charge in [0.15, 0.2) is 0 Å². The van der Waals surface area contributed by atoms with E-state index in [1.807, 2.05) is 0 Å². The van der Waals surface area contributed by atoms with E-state index < -0.39 is 5.97 Å². The number of rotatable bonds is 23. The molecule has 0 saturated heterocycles. The van der Waals surface area contributed by atoms with Crippen LogP contribution in [0.4, 0.5) is 0 Å². The lowest BCUT2D eigenvalue weighted by Crippen LogP contribution is -2.29. The smallest absolute Gasteiger partial charge is 0.303 e. The largest absolute Gasteiger partial charge is 0.481 e. The Morgan fingerprint density at radius 2 is 1.23 bits per heavy atom. The van der Waals surface area contributed by atoms with E-state index in [4.69, 9.17) is 20.3 Å². The quantitative estimate of drug-likeness (QED) is 0.176. The van der Waals surface area contributed by atoms with Gasteiger partial charge in [0.1, 0.15) is 6.61 Å². The summed E-state index contributed by atoms with van der Waals surface area (Å²) in [7, 11) is 0. The maximum atomic E-state index is 11.7. The molecule has 0 aromatic rings. The Morgan fingerprint density at radius 3 is 1.90 bits per heavy atom. The fraction of sp³-hybridized carbons (Fsp3) is 0.864. The SMILES string of the molecule is NCCCCC(=O)NCCOCCOCC(=O)NCCCCCCCCCCC(=O)O. The van der Waals surface area contributed by atoms with Gasteiger partial charge in [-0.2, -0.15) is 0 Å². The maximum Gasteiger partial charge on any atom is 0.303 e. The minimum Gasteiger partial charge on any atom is -0.481 e. The Kier molecular flexibility index (Phi) is 21.7. The number of nitrogens with two attached hydrogens (primary N) is 1. The number of aliphatic carboxylic acids is 1. The number of amides is 2. The van der Waals surface area contributed by atoms with Crippen LogP contribution in [0.25, 0.3) is 0 Å². The molecule has 0 aliphatic rings. The van der Waals surface area contributed by atoms with Gasteiger partial charge in [0.25, 0.3) is 0 Å². The first-order valence-corrected chi connectivity index (χ1v) is 11.7. The minimum absolute atomic E-state index is 0.0120. The van der Waals surface area contributed by atoms with Crippen molar-refractivity contribution >= 4 is 17.8 Å². The van der Waals surface area contributed by atoms with Crippen molar-refractivity contribution in [1.29, 1.82) is 0 Å². The molecule has 0 spiro atoms. The third kappa shape index (κ3) is 24.4. The molecular weight excluding hydrogens is 402 g/mol. The van der Waals surface area contributed by atoms with E-state index in [0.717, 1.165) is 64.2 Å². The average Bonchev–Trinajstić information content (AvgIpc) is 2.73. The lowest BCUT2D eigenvalue weighted by atomic mass is 10.1. The Labute approximate surface area is 186 Å². The summed E-state index contributed by atoms with van der Waals surface area (Å²) in [6.07, 6.45) is 10.7. The predicted molar refractivity (Wildman–Crippen MR) is 120 cm³/mol. The summed E-state index contributed by atoms with van der Waals surface area (Å²) in [6.45, 7) is 2.89. The number of unbranched alkanes of at least 4 members (excludes halogenated alkanes) is 8. The fourth-order valence-corrected chi connectivity index (χ4v) is 2.91. The topological polar surface area (TPSA) is 140 Å². The number of carbonyl (C=O) groups excluding carboxylic acids is 2. The van der Waals surface area contributed by atoms with Gasteiger partial charge in [-0.1, -0.05) is 38.5 Å². The first-order chi connectivity index (χ1) is 15.1. The molecule has 0 aromatic carbocycles. The molecule has 0 bridgehead atoms. The third-order valence-electron chi connectivity index (χ3n) is 4.67. The highest BCUT2D eigenvalue weighted by Gasteiger charge is 2.02. The van der Waals surface area contributed by atoms with Crippen molar-refractivity contribution in [3.8, 4) is 0 Å². The molecule has 0 aliphatic heterocycles. The van der Waals surface area contributed by atoms with E-state index in [9.17, 15) is 14.4 Å². The Morgan fingerprint density at radius 1 is 0.645 bits per heavy atom. The van der Waals surface area contributed by atoms with E-state index in [1.165, 1.54) is 0 Å². The molecule has 182 valence electrons. The van der Waals surface area contributed by atoms with E-state index in [0.29, 0.717) is 45.9 Å². The molecule has 0 fully saturated rings. The first kappa shape index (κ1) is 29.3. The first-order valence-electron chi connectivity index (χ1n) is 11.7. The van der Waals surface area contributed by atoms with E-state index in [-0.39, 0.29) is 24.8 Å². The molecule has 0 aromatic heterocycles. The molecule has 5 N–H and O–H groups in total. The summed E-state index contributed by atoms with van der Waals surface area (Å²) < 4.78 is 10.6. The lowest BCUT2D eigenvalue weighted by molar-refractivity contribution is -0.137. The van der Waals surface area contributed by atoms with Crippen LogP contribution in [0.1, 0.15) is 77.0 Å². The highest BCUT2D eigenvalue weighted by Crippen LogP contribution is 2.09. The summed E-state index contributed by atoms with van der Waals surface area (Å²) in [6, 6.07) is 0. The van der Waals surface area contributed by atoms with Crippen LogP contribution < -0.4 is 16.4 Å². The van der Waals surface area contributed by atoms with Gasteiger partial charge in [0.2, 0.25) is 11.8 Å². The van der Waals surface area contributed by atoms with Crippen molar-refractivity contribution in [3.63, 3.8) is 0 Å². The van der Waals surface area contributed by atoms with Crippen molar-refractivity contribution in [2.24, 2.45) is 5.73 Å². The molecule has 31 heavy (non-hydrogen) atoms. The molecule has 0 atom stereocenters. The van der Waals surface area contributed by atoms with Crippen molar-refractivity contribution in [2.45, 2.75) is 77.0 Å². The van der Waals surface area contributed by atoms with Crippen molar-refractivity contribution in [1.82, 2.24) is 10.6 Å². The van der Waals surface area contributed by atoms with Gasteiger partial charge < -0.3 is 30.9 Å². The van der Waals surface area contributed by atoms with Gasteiger partial charge in [0, 0.05) is 25.9 Å². The molecule has 0 aliphatic carbocycles. The second kappa shape index (κ2) is 23.0. The van der Waals surface area contributed by atoms with Gasteiger partial charge in [-0.3, -0.25) is 14.4 Å². The molecule has 0 saturated carbocycles. The molecule has 0 unspecified atom stereocenters. The van der Waals surface area contributed by atoms with Crippen molar-refractivity contribution in [3.05, 3.63) is 0 Å². The van der Waals surface area contributed by atoms with Gasteiger partial charge >= 0.3 is 5.97 Å². The maximum absolute atomic E-state index is 11.7. The molecule has 0 heterocycles. The summed E-state index contributed by atoms with van der Waals surface area (Å²) in [5.41, 5.74) is 5.38. The number of carboxylic acid groups (broad SMARTS) is 1. The van der Waals surface area contributed by atoms with Gasteiger partial charge in [-0.15, -0.1) is 0 Å². The Hall–Kier alpha value is -1.71. The lowest BCUT2D eigenvalue weighted by Gasteiger charge is -2.08. The number of carboxylic acids is 1. The van der Waals surface area contributed by atoms with Crippen LogP contribution in [0.2, 0.25) is 0 Å². The number of hydrogen-bond donors (Lipinski definition) is 4. The normalized spacial score (nSPS) is 10.7. The van der Waals surface area contributed by atoms with Crippen molar-refractivity contribution in [2.75, 3.05) is 46.1 Å². The molecule has 0 radical (unpaired) electrons. The van der Waals surface area contributed by atoms with Crippen LogP contribution in [0, 0.1) is 0 Å². The second-order valence-electron chi connectivity index (χ2n) is 7.58. The summed E-state index contributed by atoms with van der Waals surface area (Å²) in [5.74, 6) is -0.825. The van der Waals surface area contributed by atoms with Crippen LogP contribution in [0.15, 0.2) is 0 Å². The minimum atomic E-state index is -0.715. The van der Waals surface area contributed by atoms with Gasteiger partial charge in [-0.05, 0) is 32.2 Å². The number of carbonyl (C=O) groups is 3. The molecular formula is C22H43N3O6. The molecule has 2 amide bonds. The fourth-order valence-electron chi connectivity index (χ4n) is 2.91. The number of nitrogens with one attached hydrogen (secondary N) is 2. The zero-order valence-corrected chi connectivity index (χ0v) is 19.0. The van der Waals surface area contributed by atoms with Crippen LogP contribution in [0.5, 0.6) is 0 Å². The van der Waals surface area contributed by atoms with Crippen LogP contribution in [-0.4, -0.2) is 69.0 Å². The highest BCUT2D eigenvalue weighted by atomic mass is 16.5. The second-order valence-corrected chi connectivity index (χ2v) is 7.58. The monoisotopic (exact) mass is 445 g/mol. The zero-order valence-electron chi connectivity index (χ0n) is 19.0. The van der Waals surface area contributed by atoms with E-state index in [1.54, 1.807) is 0 Å². The van der Waals surface area contributed by atoms with Gasteiger partial charge in [0.05, 0.1) is 19.8 Å².